The Morgan fingerprint density at radius 2 is 1.76 bits per heavy atom. The Morgan fingerprint density at radius 3 is 2.52 bits per heavy atom. The molecule has 3 aromatic rings. The first-order chi connectivity index (χ1) is 16.0. The monoisotopic (exact) mass is 446 g/mol. The summed E-state index contributed by atoms with van der Waals surface area (Å²) in [7, 11) is 2.92. The van der Waals surface area contributed by atoms with E-state index in [1.807, 2.05) is 24.3 Å². The number of esters is 1. The van der Waals surface area contributed by atoms with Crippen LogP contribution < -0.4 is 10.1 Å². The number of amides is 2. The van der Waals surface area contributed by atoms with E-state index in [2.05, 4.69) is 5.32 Å². The van der Waals surface area contributed by atoms with E-state index in [0.717, 1.165) is 17.2 Å². The van der Waals surface area contributed by atoms with Crippen molar-refractivity contribution in [3.63, 3.8) is 0 Å². The van der Waals surface area contributed by atoms with Crippen LogP contribution in [0.15, 0.2) is 60.7 Å². The summed E-state index contributed by atoms with van der Waals surface area (Å²) in [6.45, 7) is 0.933. The van der Waals surface area contributed by atoms with Crippen LogP contribution in [0.4, 0.5) is 5.69 Å². The smallest absolute Gasteiger partial charge is 0.337 e. The van der Waals surface area contributed by atoms with Gasteiger partial charge in [0.05, 0.1) is 25.7 Å². The number of carbonyl (C=O) groups excluding carboxylic acids is 3. The Bertz CT molecular complexity index is 1210. The van der Waals surface area contributed by atoms with Crippen molar-refractivity contribution < 1.29 is 23.9 Å². The van der Waals surface area contributed by atoms with E-state index in [1.54, 1.807) is 48.4 Å². The molecule has 0 bridgehead atoms. The van der Waals surface area contributed by atoms with Crippen molar-refractivity contribution in [1.82, 2.24) is 4.90 Å². The lowest BCUT2D eigenvalue weighted by atomic mass is 9.95. The number of hydrogen-bond donors (Lipinski definition) is 1. The molecule has 1 aliphatic rings. The normalized spacial score (nSPS) is 15.7. The Balaban J connectivity index is 1.50. The van der Waals surface area contributed by atoms with Gasteiger partial charge in [-0.25, -0.2) is 4.79 Å². The average Bonchev–Trinajstić information content (AvgIpc) is 2.87. The number of rotatable bonds is 5. The zero-order valence-electron chi connectivity index (χ0n) is 18.7. The van der Waals surface area contributed by atoms with E-state index in [-0.39, 0.29) is 17.7 Å². The SMILES string of the molecule is COC(=O)c1cccc(NC(=O)[C@@H]2CCCN(C(=O)c3ccc(OC)c4ccccc34)C2)c1. The van der Waals surface area contributed by atoms with Gasteiger partial charge in [0.15, 0.2) is 0 Å². The number of methoxy groups -OCH3 is 2. The quantitative estimate of drug-likeness (QED) is 0.596. The molecule has 1 heterocycles. The average molecular weight is 447 g/mol. The summed E-state index contributed by atoms with van der Waals surface area (Å²) in [5.41, 5.74) is 1.48. The van der Waals surface area contributed by atoms with Crippen LogP contribution >= 0.6 is 0 Å². The molecule has 1 atom stereocenters. The molecule has 170 valence electrons. The van der Waals surface area contributed by atoms with Crippen LogP contribution in [0.2, 0.25) is 0 Å². The van der Waals surface area contributed by atoms with Crippen LogP contribution in [0.1, 0.15) is 33.6 Å². The molecule has 4 rings (SSSR count). The third-order valence-corrected chi connectivity index (χ3v) is 5.96. The van der Waals surface area contributed by atoms with Crippen molar-refractivity contribution in [3.05, 3.63) is 71.8 Å². The molecule has 7 nitrogen and oxygen atoms in total. The number of anilines is 1. The van der Waals surface area contributed by atoms with E-state index in [1.165, 1.54) is 7.11 Å². The molecule has 0 aromatic heterocycles. The Morgan fingerprint density at radius 1 is 0.970 bits per heavy atom. The molecule has 0 radical (unpaired) electrons. The summed E-state index contributed by atoms with van der Waals surface area (Å²) in [5.74, 6) is -0.360. The Hall–Kier alpha value is -3.87. The molecule has 0 spiro atoms. The molecule has 3 aromatic carbocycles. The van der Waals surface area contributed by atoms with Crippen LogP contribution in [-0.2, 0) is 9.53 Å². The number of carbonyl (C=O) groups is 3. The molecule has 0 unspecified atom stereocenters. The minimum atomic E-state index is -0.466. The molecular weight excluding hydrogens is 420 g/mol. The molecule has 33 heavy (non-hydrogen) atoms. The Labute approximate surface area is 192 Å². The molecule has 1 aliphatic heterocycles. The number of likely N-dealkylation sites (tertiary alicyclic amines) is 1. The molecule has 7 heteroatoms. The van der Waals surface area contributed by atoms with Crippen LogP contribution in [0.3, 0.4) is 0 Å². The third kappa shape index (κ3) is 4.67. The van der Waals surface area contributed by atoms with Crippen molar-refractivity contribution >= 4 is 34.2 Å². The van der Waals surface area contributed by atoms with Gasteiger partial charge < -0.3 is 19.7 Å². The molecule has 1 fully saturated rings. The first-order valence-electron chi connectivity index (χ1n) is 10.9. The van der Waals surface area contributed by atoms with E-state index in [9.17, 15) is 14.4 Å². The van der Waals surface area contributed by atoms with Gasteiger partial charge in [0.1, 0.15) is 5.75 Å². The van der Waals surface area contributed by atoms with Crippen LogP contribution in [0, 0.1) is 5.92 Å². The maximum absolute atomic E-state index is 13.4. The second-order valence-corrected chi connectivity index (χ2v) is 8.01. The zero-order chi connectivity index (χ0) is 23.4. The lowest BCUT2D eigenvalue weighted by Gasteiger charge is -2.32. The maximum Gasteiger partial charge on any atom is 0.337 e. The Kier molecular flexibility index (Phi) is 6.58. The van der Waals surface area contributed by atoms with Gasteiger partial charge in [-0.2, -0.15) is 0 Å². The standard InChI is InChI=1S/C26H26N2O5/c1-32-23-13-12-22(20-10-3-4-11-21(20)23)25(30)28-14-6-8-18(16-28)24(29)27-19-9-5-7-17(15-19)26(31)33-2/h3-5,7,9-13,15,18H,6,8,14,16H2,1-2H3,(H,27,29)/t18-/m1/s1. The van der Waals surface area contributed by atoms with E-state index in [0.29, 0.717) is 42.1 Å². The molecule has 0 saturated carbocycles. The first-order valence-corrected chi connectivity index (χ1v) is 10.9. The summed E-state index contributed by atoms with van der Waals surface area (Å²) in [6.07, 6.45) is 1.43. The predicted molar refractivity (Wildman–Crippen MR) is 126 cm³/mol. The summed E-state index contributed by atoms with van der Waals surface area (Å²) in [6, 6.07) is 17.9. The van der Waals surface area contributed by atoms with Gasteiger partial charge in [-0.15, -0.1) is 0 Å². The van der Waals surface area contributed by atoms with Crippen molar-refractivity contribution in [3.8, 4) is 5.75 Å². The lowest BCUT2D eigenvalue weighted by Crippen LogP contribution is -2.43. The van der Waals surface area contributed by atoms with E-state index < -0.39 is 5.97 Å². The summed E-state index contributed by atoms with van der Waals surface area (Å²) in [5, 5.41) is 4.58. The van der Waals surface area contributed by atoms with Crippen LogP contribution in [-0.4, -0.2) is 50.0 Å². The summed E-state index contributed by atoms with van der Waals surface area (Å²) >= 11 is 0. The topological polar surface area (TPSA) is 84.9 Å². The number of nitrogens with one attached hydrogen (secondary N) is 1. The lowest BCUT2D eigenvalue weighted by molar-refractivity contribution is -0.121. The number of piperidine rings is 1. The molecule has 2 amide bonds. The fourth-order valence-electron chi connectivity index (χ4n) is 4.27. The van der Waals surface area contributed by atoms with Crippen LogP contribution in [0.25, 0.3) is 10.8 Å². The summed E-state index contributed by atoms with van der Waals surface area (Å²) < 4.78 is 10.2. The van der Waals surface area contributed by atoms with E-state index >= 15 is 0 Å². The number of nitrogens with zero attached hydrogens (tertiary/aromatic N) is 1. The minimum Gasteiger partial charge on any atom is -0.496 e. The van der Waals surface area contributed by atoms with Gasteiger partial charge in [-0.3, -0.25) is 9.59 Å². The first kappa shape index (κ1) is 22.3. The highest BCUT2D eigenvalue weighted by Crippen LogP contribution is 2.30. The van der Waals surface area contributed by atoms with Crippen molar-refractivity contribution in [1.29, 1.82) is 0 Å². The molecule has 1 N–H and O–H groups in total. The highest BCUT2D eigenvalue weighted by atomic mass is 16.5. The van der Waals surface area contributed by atoms with Crippen molar-refractivity contribution in [2.75, 3.05) is 32.6 Å². The highest BCUT2D eigenvalue weighted by molar-refractivity contribution is 6.09. The van der Waals surface area contributed by atoms with Gasteiger partial charge in [-0.05, 0) is 48.6 Å². The highest BCUT2D eigenvalue weighted by Gasteiger charge is 2.30. The van der Waals surface area contributed by atoms with Gasteiger partial charge in [0, 0.05) is 29.7 Å². The third-order valence-electron chi connectivity index (χ3n) is 5.96. The fourth-order valence-corrected chi connectivity index (χ4v) is 4.27. The second kappa shape index (κ2) is 9.73. The number of benzene rings is 3. The van der Waals surface area contributed by atoms with Crippen LogP contribution in [0.5, 0.6) is 5.75 Å². The number of ether oxygens (including phenoxy) is 2. The van der Waals surface area contributed by atoms with Gasteiger partial charge in [0.2, 0.25) is 5.91 Å². The fraction of sp³-hybridized carbons (Fsp3) is 0.269. The molecule has 0 aliphatic carbocycles. The minimum absolute atomic E-state index is 0.0981. The number of hydrogen-bond acceptors (Lipinski definition) is 5. The maximum atomic E-state index is 13.4. The number of fused-ring (bicyclic) bond motifs is 1. The summed E-state index contributed by atoms with van der Waals surface area (Å²) in [4.78, 5) is 39.8. The van der Waals surface area contributed by atoms with Crippen molar-refractivity contribution in [2.45, 2.75) is 12.8 Å². The largest absolute Gasteiger partial charge is 0.496 e. The van der Waals surface area contributed by atoms with Gasteiger partial charge in [-0.1, -0.05) is 30.3 Å². The van der Waals surface area contributed by atoms with E-state index in [4.69, 9.17) is 9.47 Å². The van der Waals surface area contributed by atoms with Crippen molar-refractivity contribution in [2.24, 2.45) is 5.92 Å². The zero-order valence-corrected chi connectivity index (χ0v) is 18.7. The van der Waals surface area contributed by atoms with Gasteiger partial charge >= 0.3 is 5.97 Å². The molecule has 1 saturated heterocycles. The second-order valence-electron chi connectivity index (χ2n) is 8.01. The molecular formula is C26H26N2O5. The predicted octanol–water partition coefficient (Wildman–Crippen LogP) is 4.13. The van der Waals surface area contributed by atoms with Gasteiger partial charge in [0.25, 0.3) is 5.91 Å².